The summed E-state index contributed by atoms with van der Waals surface area (Å²) in [6, 6.07) is 5.05. The molecule has 1 heterocycles. The van der Waals surface area contributed by atoms with E-state index in [1.165, 1.54) is 7.11 Å². The first kappa shape index (κ1) is 15.0. The Morgan fingerprint density at radius 1 is 1.52 bits per heavy atom. The maximum Gasteiger partial charge on any atom is 0.339 e. The SMILES string of the molecule is COc1ccc(CNC(C)c2n[nH]c(C)n2)cc1C(=O)O. The Bertz CT molecular complexity index is 639. The molecule has 0 amide bonds. The molecular weight excluding hydrogens is 272 g/mol. The molecule has 0 bridgehead atoms. The number of carboxylic acid groups (broad SMARTS) is 1. The van der Waals surface area contributed by atoms with Crippen molar-refractivity contribution in [2.75, 3.05) is 7.11 Å². The fraction of sp³-hybridized carbons (Fsp3) is 0.357. The van der Waals surface area contributed by atoms with E-state index in [4.69, 9.17) is 9.84 Å². The summed E-state index contributed by atoms with van der Waals surface area (Å²) in [4.78, 5) is 15.4. The summed E-state index contributed by atoms with van der Waals surface area (Å²) in [5.41, 5.74) is 1.01. The number of benzene rings is 1. The largest absolute Gasteiger partial charge is 0.496 e. The lowest BCUT2D eigenvalue weighted by atomic mass is 10.1. The van der Waals surface area contributed by atoms with E-state index in [9.17, 15) is 4.79 Å². The lowest BCUT2D eigenvalue weighted by Crippen LogP contribution is -2.19. The third kappa shape index (κ3) is 3.57. The summed E-state index contributed by atoms with van der Waals surface area (Å²) in [6.45, 7) is 4.30. The third-order valence-electron chi connectivity index (χ3n) is 3.11. The van der Waals surface area contributed by atoms with Crippen LogP contribution in [0.5, 0.6) is 5.75 Å². The van der Waals surface area contributed by atoms with Gasteiger partial charge in [-0.1, -0.05) is 6.07 Å². The summed E-state index contributed by atoms with van der Waals surface area (Å²) in [5, 5.41) is 19.3. The standard InChI is InChI=1S/C14H18N4O3/c1-8(13-16-9(2)17-18-13)15-7-10-4-5-12(21-3)11(6-10)14(19)20/h4-6,8,15H,7H2,1-3H3,(H,19,20)(H,16,17,18). The predicted molar refractivity (Wildman–Crippen MR) is 76.3 cm³/mol. The van der Waals surface area contributed by atoms with E-state index in [1.807, 2.05) is 19.9 Å². The van der Waals surface area contributed by atoms with Crippen LogP contribution in [0.25, 0.3) is 0 Å². The van der Waals surface area contributed by atoms with Gasteiger partial charge in [0.25, 0.3) is 0 Å². The first-order valence-corrected chi connectivity index (χ1v) is 6.53. The monoisotopic (exact) mass is 290 g/mol. The number of rotatable bonds is 6. The van der Waals surface area contributed by atoms with E-state index in [2.05, 4.69) is 20.5 Å². The first-order valence-electron chi connectivity index (χ1n) is 6.53. The highest BCUT2D eigenvalue weighted by atomic mass is 16.5. The maximum atomic E-state index is 11.2. The van der Waals surface area contributed by atoms with Crippen molar-refractivity contribution >= 4 is 5.97 Å². The minimum absolute atomic E-state index is 0.0367. The van der Waals surface area contributed by atoms with Gasteiger partial charge in [-0.05, 0) is 31.5 Å². The van der Waals surface area contributed by atoms with Crippen molar-refractivity contribution in [1.29, 1.82) is 0 Å². The summed E-state index contributed by atoms with van der Waals surface area (Å²) < 4.78 is 5.03. The zero-order chi connectivity index (χ0) is 15.4. The molecule has 0 aliphatic rings. The molecule has 21 heavy (non-hydrogen) atoms. The lowest BCUT2D eigenvalue weighted by Gasteiger charge is -2.12. The van der Waals surface area contributed by atoms with Gasteiger partial charge in [0.15, 0.2) is 5.82 Å². The van der Waals surface area contributed by atoms with Crippen LogP contribution in [0.3, 0.4) is 0 Å². The van der Waals surface area contributed by atoms with E-state index >= 15 is 0 Å². The van der Waals surface area contributed by atoms with Crippen LogP contribution in [0.4, 0.5) is 0 Å². The number of carboxylic acids is 1. The minimum atomic E-state index is -1.01. The normalized spacial score (nSPS) is 12.1. The molecule has 3 N–H and O–H groups in total. The number of carbonyl (C=O) groups is 1. The molecule has 1 atom stereocenters. The number of aromatic nitrogens is 3. The number of ether oxygens (including phenoxy) is 1. The molecule has 7 heteroatoms. The van der Waals surface area contributed by atoms with Gasteiger partial charge in [-0.25, -0.2) is 9.78 Å². The number of nitrogens with zero attached hydrogens (tertiary/aromatic N) is 2. The van der Waals surface area contributed by atoms with Gasteiger partial charge in [-0.15, -0.1) is 0 Å². The second-order valence-electron chi connectivity index (χ2n) is 4.72. The topological polar surface area (TPSA) is 100 Å². The number of hydrogen-bond donors (Lipinski definition) is 3. The highest BCUT2D eigenvalue weighted by Gasteiger charge is 2.13. The molecule has 1 aromatic carbocycles. The fourth-order valence-corrected chi connectivity index (χ4v) is 1.95. The predicted octanol–water partition coefficient (Wildman–Crippen LogP) is 1.67. The number of aromatic amines is 1. The number of nitrogens with one attached hydrogen (secondary N) is 2. The lowest BCUT2D eigenvalue weighted by molar-refractivity contribution is 0.0693. The van der Waals surface area contributed by atoms with Gasteiger partial charge in [0.1, 0.15) is 17.1 Å². The van der Waals surface area contributed by atoms with Crippen molar-refractivity contribution in [3.05, 3.63) is 41.0 Å². The second-order valence-corrected chi connectivity index (χ2v) is 4.72. The number of aromatic carboxylic acids is 1. The molecule has 0 saturated carbocycles. The third-order valence-corrected chi connectivity index (χ3v) is 3.11. The Balaban J connectivity index is 2.06. The maximum absolute atomic E-state index is 11.2. The zero-order valence-electron chi connectivity index (χ0n) is 12.2. The van der Waals surface area contributed by atoms with E-state index in [0.717, 1.165) is 11.4 Å². The summed E-state index contributed by atoms with van der Waals surface area (Å²) in [5.74, 6) is 0.783. The molecule has 0 fully saturated rings. The molecular formula is C14H18N4O3. The highest BCUT2D eigenvalue weighted by Crippen LogP contribution is 2.20. The van der Waals surface area contributed by atoms with Gasteiger partial charge in [-0.3, -0.25) is 5.10 Å². The minimum Gasteiger partial charge on any atom is -0.496 e. The van der Waals surface area contributed by atoms with E-state index < -0.39 is 5.97 Å². The molecule has 0 spiro atoms. The fourth-order valence-electron chi connectivity index (χ4n) is 1.95. The highest BCUT2D eigenvalue weighted by molar-refractivity contribution is 5.91. The quantitative estimate of drug-likeness (QED) is 0.748. The van der Waals surface area contributed by atoms with Gasteiger partial charge >= 0.3 is 5.97 Å². The van der Waals surface area contributed by atoms with Crippen LogP contribution >= 0.6 is 0 Å². The molecule has 0 radical (unpaired) electrons. The van der Waals surface area contributed by atoms with Crippen LogP contribution < -0.4 is 10.1 Å². The molecule has 2 rings (SSSR count). The van der Waals surface area contributed by atoms with Crippen LogP contribution in [-0.4, -0.2) is 33.4 Å². The van der Waals surface area contributed by atoms with Gasteiger partial charge in [0, 0.05) is 6.54 Å². The number of aryl methyl sites for hydroxylation is 1. The number of H-pyrrole nitrogens is 1. The number of methoxy groups -OCH3 is 1. The van der Waals surface area contributed by atoms with E-state index in [1.54, 1.807) is 12.1 Å². The van der Waals surface area contributed by atoms with Crippen LogP contribution in [0.1, 0.15) is 40.5 Å². The Morgan fingerprint density at radius 2 is 2.29 bits per heavy atom. The molecule has 1 unspecified atom stereocenters. The summed E-state index contributed by atoms with van der Waals surface area (Å²) in [6.07, 6.45) is 0. The smallest absolute Gasteiger partial charge is 0.339 e. The van der Waals surface area contributed by atoms with Crippen molar-refractivity contribution in [1.82, 2.24) is 20.5 Å². The Hall–Kier alpha value is -2.41. The van der Waals surface area contributed by atoms with Crippen LogP contribution in [-0.2, 0) is 6.54 Å². The van der Waals surface area contributed by atoms with Gasteiger partial charge in [0.05, 0.1) is 13.2 Å². The number of hydrogen-bond acceptors (Lipinski definition) is 5. The van der Waals surface area contributed by atoms with Crippen LogP contribution in [0, 0.1) is 6.92 Å². The van der Waals surface area contributed by atoms with Crippen molar-refractivity contribution in [2.45, 2.75) is 26.4 Å². The molecule has 1 aromatic heterocycles. The van der Waals surface area contributed by atoms with Crippen LogP contribution in [0.15, 0.2) is 18.2 Å². The van der Waals surface area contributed by atoms with Gasteiger partial charge in [-0.2, -0.15) is 5.10 Å². The molecule has 7 nitrogen and oxygen atoms in total. The molecule has 112 valence electrons. The van der Waals surface area contributed by atoms with Crippen LogP contribution in [0.2, 0.25) is 0 Å². The molecule has 0 aliphatic carbocycles. The van der Waals surface area contributed by atoms with Crippen molar-refractivity contribution in [2.24, 2.45) is 0 Å². The Morgan fingerprint density at radius 3 is 2.86 bits per heavy atom. The van der Waals surface area contributed by atoms with E-state index in [0.29, 0.717) is 18.1 Å². The summed E-state index contributed by atoms with van der Waals surface area (Å²) in [7, 11) is 1.45. The van der Waals surface area contributed by atoms with Crippen molar-refractivity contribution in [3.63, 3.8) is 0 Å². The van der Waals surface area contributed by atoms with Gasteiger partial charge < -0.3 is 15.2 Å². The average Bonchev–Trinajstić information content (AvgIpc) is 2.91. The van der Waals surface area contributed by atoms with E-state index in [-0.39, 0.29) is 11.6 Å². The first-order chi connectivity index (χ1) is 10.0. The molecule has 0 saturated heterocycles. The summed E-state index contributed by atoms with van der Waals surface area (Å²) >= 11 is 0. The second kappa shape index (κ2) is 6.36. The Labute approximate surface area is 122 Å². The Kier molecular flexibility index (Phi) is 4.54. The van der Waals surface area contributed by atoms with Gasteiger partial charge in [0.2, 0.25) is 0 Å². The molecule has 0 aliphatic heterocycles. The van der Waals surface area contributed by atoms with Crippen molar-refractivity contribution in [3.8, 4) is 5.75 Å². The average molecular weight is 290 g/mol. The van der Waals surface area contributed by atoms with Crippen molar-refractivity contribution < 1.29 is 14.6 Å². The molecule has 2 aromatic rings. The zero-order valence-corrected chi connectivity index (χ0v) is 12.2.